The molecule has 0 atom stereocenters. The summed E-state index contributed by atoms with van der Waals surface area (Å²) >= 11 is 0. The largest absolute Gasteiger partial charge is 1.00 e. The minimum Gasteiger partial charge on any atom is -1.00 e. The summed E-state index contributed by atoms with van der Waals surface area (Å²) in [6, 6.07) is 17.3. The zero-order valence-electron chi connectivity index (χ0n) is 14.9. The van der Waals surface area contributed by atoms with E-state index >= 15 is 0 Å². The van der Waals surface area contributed by atoms with Crippen molar-refractivity contribution >= 4 is 22.3 Å². The van der Waals surface area contributed by atoms with Gasteiger partial charge in [-0.25, -0.2) is 0 Å². The highest BCUT2D eigenvalue weighted by atomic mass is 79.9. The summed E-state index contributed by atoms with van der Waals surface area (Å²) in [4.78, 5) is 26.6. The molecule has 3 rings (SSSR count). The van der Waals surface area contributed by atoms with Crippen molar-refractivity contribution in [3.8, 4) is 0 Å². The molecular weight excluding hydrogens is 392 g/mol. The Bertz CT molecular complexity index is 938. The van der Waals surface area contributed by atoms with Gasteiger partial charge in [-0.05, 0) is 37.0 Å². The third-order valence-electron chi connectivity index (χ3n) is 4.04. The van der Waals surface area contributed by atoms with Crippen molar-refractivity contribution in [1.29, 1.82) is 0 Å². The Kier molecular flexibility index (Phi) is 6.77. The van der Waals surface area contributed by atoms with E-state index in [0.29, 0.717) is 17.7 Å². The van der Waals surface area contributed by atoms with Crippen LogP contribution in [-0.2, 0) is 6.54 Å². The van der Waals surface area contributed by atoms with Crippen molar-refractivity contribution in [1.82, 2.24) is 4.90 Å². The molecule has 0 fully saturated rings. The monoisotopic (exact) mass is 412 g/mol. The van der Waals surface area contributed by atoms with E-state index in [1.165, 1.54) is 0 Å². The molecular formula is C21H21BrN2O2. The molecule has 0 spiro atoms. The van der Waals surface area contributed by atoms with E-state index in [2.05, 4.69) is 0 Å². The third-order valence-corrected chi connectivity index (χ3v) is 4.04. The lowest BCUT2D eigenvalue weighted by Gasteiger charge is -2.07. The van der Waals surface area contributed by atoms with Crippen molar-refractivity contribution in [3.05, 3.63) is 78.1 Å². The van der Waals surface area contributed by atoms with Gasteiger partial charge in [0.15, 0.2) is 18.2 Å². The molecule has 0 bridgehead atoms. The van der Waals surface area contributed by atoms with Crippen LogP contribution in [0.1, 0.15) is 20.7 Å². The number of nitrogens with zero attached hydrogens (tertiary/aromatic N) is 2. The Morgan fingerprint density at radius 3 is 2.35 bits per heavy atom. The number of hydrogen-bond acceptors (Lipinski definition) is 3. The molecule has 0 saturated heterocycles. The molecule has 5 heteroatoms. The number of pyridine rings is 1. The summed E-state index contributed by atoms with van der Waals surface area (Å²) < 4.78 is 1.76. The van der Waals surface area contributed by atoms with Gasteiger partial charge < -0.3 is 21.9 Å². The maximum atomic E-state index is 12.6. The van der Waals surface area contributed by atoms with E-state index in [0.717, 1.165) is 10.8 Å². The van der Waals surface area contributed by atoms with Crippen LogP contribution < -0.4 is 21.5 Å². The molecule has 0 unspecified atom stereocenters. The van der Waals surface area contributed by atoms with Crippen LogP contribution in [0.25, 0.3) is 10.8 Å². The van der Waals surface area contributed by atoms with Gasteiger partial charge in [-0.1, -0.05) is 36.4 Å². The summed E-state index contributed by atoms with van der Waals surface area (Å²) in [5, 5.41) is 2.16. The quantitative estimate of drug-likeness (QED) is 0.414. The van der Waals surface area contributed by atoms with Crippen molar-refractivity contribution in [2.75, 3.05) is 20.6 Å². The van der Waals surface area contributed by atoms with Gasteiger partial charge in [-0.3, -0.25) is 9.59 Å². The van der Waals surface area contributed by atoms with Gasteiger partial charge in [0, 0.05) is 11.6 Å². The molecule has 0 radical (unpaired) electrons. The number of Topliss-reactive ketones (excluding diaryl/α,β-unsaturated/α-hetero) is 2. The molecule has 0 aliphatic heterocycles. The van der Waals surface area contributed by atoms with Gasteiger partial charge in [0.25, 0.3) is 0 Å². The summed E-state index contributed by atoms with van der Waals surface area (Å²) in [6.07, 6.45) is 3.55. The van der Waals surface area contributed by atoms with Crippen LogP contribution in [0, 0.1) is 0 Å². The first-order valence-corrected chi connectivity index (χ1v) is 8.22. The average molecular weight is 413 g/mol. The summed E-state index contributed by atoms with van der Waals surface area (Å²) in [5.41, 5.74) is 1.29. The van der Waals surface area contributed by atoms with Crippen LogP contribution in [0.5, 0.6) is 0 Å². The second-order valence-electron chi connectivity index (χ2n) is 6.41. The van der Waals surface area contributed by atoms with Gasteiger partial charge in [-0.2, -0.15) is 4.57 Å². The van der Waals surface area contributed by atoms with Gasteiger partial charge in [-0.15, -0.1) is 0 Å². The summed E-state index contributed by atoms with van der Waals surface area (Å²) in [5.74, 6) is 0.0606. The molecule has 0 aliphatic carbocycles. The zero-order chi connectivity index (χ0) is 17.8. The minimum atomic E-state index is 0. The number of aromatic nitrogens is 1. The van der Waals surface area contributed by atoms with E-state index < -0.39 is 0 Å². The molecule has 4 nitrogen and oxygen atoms in total. The number of carbonyl (C=O) groups is 2. The fraction of sp³-hybridized carbons (Fsp3) is 0.190. The van der Waals surface area contributed by atoms with Crippen LogP contribution in [0.2, 0.25) is 0 Å². The highest BCUT2D eigenvalue weighted by molar-refractivity contribution is 5.99. The van der Waals surface area contributed by atoms with E-state index in [-0.39, 0.29) is 35.1 Å². The first-order chi connectivity index (χ1) is 12.0. The highest BCUT2D eigenvalue weighted by Crippen LogP contribution is 2.16. The van der Waals surface area contributed by atoms with Crippen LogP contribution in [-0.4, -0.2) is 37.1 Å². The predicted molar refractivity (Wildman–Crippen MR) is 97.8 cm³/mol. The Morgan fingerprint density at radius 2 is 1.62 bits per heavy atom. The molecule has 0 saturated carbocycles. The first-order valence-electron chi connectivity index (χ1n) is 8.22. The number of benzene rings is 2. The Labute approximate surface area is 163 Å². The normalized spacial score (nSPS) is 10.6. The maximum absolute atomic E-state index is 12.6. The zero-order valence-corrected chi connectivity index (χ0v) is 16.4. The number of likely N-dealkylation sites (N-methyl/N-ethyl adjacent to an activating group) is 1. The Hall–Kier alpha value is -2.37. The van der Waals surface area contributed by atoms with E-state index in [1.807, 2.05) is 67.7 Å². The lowest BCUT2D eigenvalue weighted by atomic mass is 10.0. The van der Waals surface area contributed by atoms with Crippen molar-refractivity contribution in [3.63, 3.8) is 0 Å². The van der Waals surface area contributed by atoms with Gasteiger partial charge in [0.1, 0.15) is 0 Å². The van der Waals surface area contributed by atoms with Crippen LogP contribution in [0.15, 0.2) is 67.0 Å². The van der Waals surface area contributed by atoms with E-state index in [4.69, 9.17) is 0 Å². The molecule has 2 aromatic carbocycles. The molecule has 0 amide bonds. The molecule has 26 heavy (non-hydrogen) atoms. The fourth-order valence-electron chi connectivity index (χ4n) is 2.78. The van der Waals surface area contributed by atoms with Crippen LogP contribution in [0.4, 0.5) is 0 Å². The SMILES string of the molecule is CN(C)CC(=O)c1ccc[n+](CC(=O)c2ccc3ccccc3c2)c1.[Br-]. The standard InChI is InChI=1S/C21H21N2O2.BrH/c1-22(2)14-20(24)19-8-5-11-23(13-19)15-21(25)18-10-9-16-6-3-4-7-17(16)12-18;/h3-13H,14-15H2,1-2H3;1H/q+1;/p-1. The molecule has 134 valence electrons. The summed E-state index contributed by atoms with van der Waals surface area (Å²) in [7, 11) is 3.72. The Balaban J connectivity index is 0.00000243. The first kappa shape index (κ1) is 19.9. The summed E-state index contributed by atoms with van der Waals surface area (Å²) in [6.45, 7) is 0.560. The third kappa shape index (κ3) is 4.84. The van der Waals surface area contributed by atoms with Crippen LogP contribution >= 0.6 is 0 Å². The van der Waals surface area contributed by atoms with Crippen molar-refractivity contribution in [2.24, 2.45) is 0 Å². The van der Waals surface area contributed by atoms with Crippen molar-refractivity contribution < 1.29 is 31.1 Å². The fourth-order valence-corrected chi connectivity index (χ4v) is 2.78. The maximum Gasteiger partial charge on any atom is 0.227 e. The second-order valence-corrected chi connectivity index (χ2v) is 6.41. The van der Waals surface area contributed by atoms with E-state index in [9.17, 15) is 9.59 Å². The smallest absolute Gasteiger partial charge is 0.227 e. The van der Waals surface area contributed by atoms with Crippen molar-refractivity contribution in [2.45, 2.75) is 6.54 Å². The number of fused-ring (bicyclic) bond motifs is 1. The van der Waals surface area contributed by atoms with E-state index in [1.54, 1.807) is 22.9 Å². The number of carbonyl (C=O) groups excluding carboxylic acids is 2. The lowest BCUT2D eigenvalue weighted by Crippen LogP contribution is -3.00. The lowest BCUT2D eigenvalue weighted by molar-refractivity contribution is -0.683. The van der Waals surface area contributed by atoms with Gasteiger partial charge >= 0.3 is 0 Å². The Morgan fingerprint density at radius 1 is 0.885 bits per heavy atom. The predicted octanol–water partition coefficient (Wildman–Crippen LogP) is -0.241. The van der Waals surface area contributed by atoms with Gasteiger partial charge in [0.2, 0.25) is 12.3 Å². The molecule has 0 aliphatic rings. The van der Waals surface area contributed by atoms with Crippen LogP contribution in [0.3, 0.4) is 0 Å². The highest BCUT2D eigenvalue weighted by Gasteiger charge is 2.16. The molecule has 0 N–H and O–H groups in total. The number of ketones is 2. The molecule has 1 heterocycles. The minimum absolute atomic E-state index is 0. The molecule has 1 aromatic heterocycles. The number of halogens is 1. The topological polar surface area (TPSA) is 41.3 Å². The number of hydrogen-bond donors (Lipinski definition) is 0. The van der Waals surface area contributed by atoms with Gasteiger partial charge in [0.05, 0.1) is 12.1 Å². The average Bonchev–Trinajstić information content (AvgIpc) is 2.61. The molecule has 3 aromatic rings. The second kappa shape index (κ2) is 8.83. The number of rotatable bonds is 6.